The van der Waals surface area contributed by atoms with Crippen molar-refractivity contribution < 1.29 is 4.74 Å². The number of hydrogen-bond donors (Lipinski definition) is 0. The van der Waals surface area contributed by atoms with Gasteiger partial charge >= 0.3 is 0 Å². The van der Waals surface area contributed by atoms with Crippen molar-refractivity contribution in [2.45, 2.75) is 59.8 Å². The summed E-state index contributed by atoms with van der Waals surface area (Å²) in [6.45, 7) is 13.9. The number of hydrogen-bond acceptors (Lipinski definition) is 2. The van der Waals surface area contributed by atoms with Crippen molar-refractivity contribution in [2.24, 2.45) is 11.3 Å². The molecule has 1 aliphatic heterocycles. The largest absolute Gasteiger partial charge is 0.457 e. The van der Waals surface area contributed by atoms with Crippen molar-refractivity contribution in [1.29, 1.82) is 0 Å². The van der Waals surface area contributed by atoms with E-state index >= 15 is 0 Å². The molecule has 0 radical (unpaired) electrons. The number of fused-ring (bicyclic) bond motifs is 9. The summed E-state index contributed by atoms with van der Waals surface area (Å²) in [5.41, 5.74) is 20.2. The van der Waals surface area contributed by atoms with Gasteiger partial charge in [0.05, 0.1) is 16.8 Å². The molecule has 1 spiro atoms. The molecule has 3 aliphatic rings. The summed E-state index contributed by atoms with van der Waals surface area (Å²) in [6.07, 6.45) is 9.03. The summed E-state index contributed by atoms with van der Waals surface area (Å²) in [4.78, 5) is 5.71. The minimum absolute atomic E-state index is 0.121. The van der Waals surface area contributed by atoms with E-state index in [2.05, 4.69) is 211 Å². The van der Waals surface area contributed by atoms with Gasteiger partial charge in [0.25, 0.3) is 0 Å². The van der Waals surface area contributed by atoms with E-state index in [9.17, 15) is 0 Å². The van der Waals surface area contributed by atoms with Crippen LogP contribution in [-0.2, 0) is 11.8 Å². The highest BCUT2D eigenvalue weighted by atomic mass is 16.5. The van der Waals surface area contributed by atoms with Crippen LogP contribution in [0.25, 0.3) is 50.3 Å². The Hall–Kier alpha value is -6.51. The molecule has 0 amide bonds. The Bertz CT molecular complexity index is 2850. The third kappa shape index (κ3) is 5.95. The maximum atomic E-state index is 6.64. The Balaban J connectivity index is 1.19. The van der Waals surface area contributed by atoms with Crippen molar-refractivity contribution >= 4 is 5.57 Å². The molecule has 0 saturated heterocycles. The van der Waals surface area contributed by atoms with Crippen molar-refractivity contribution in [3.05, 3.63) is 214 Å². The molecule has 2 heterocycles. The first kappa shape index (κ1) is 37.7. The summed E-state index contributed by atoms with van der Waals surface area (Å²) in [5.74, 6) is 2.31. The monoisotopic (exact) mass is 777 g/mol. The van der Waals surface area contributed by atoms with Crippen molar-refractivity contribution in [2.75, 3.05) is 0 Å². The lowest BCUT2D eigenvalue weighted by molar-refractivity contribution is 0.436. The van der Waals surface area contributed by atoms with Gasteiger partial charge in [-0.2, -0.15) is 0 Å². The van der Waals surface area contributed by atoms with Gasteiger partial charge in [0, 0.05) is 22.3 Å². The van der Waals surface area contributed by atoms with Crippen LogP contribution >= 0.6 is 0 Å². The molecule has 1 unspecified atom stereocenters. The van der Waals surface area contributed by atoms with E-state index in [4.69, 9.17) is 9.72 Å². The first-order valence-electron chi connectivity index (χ1n) is 21.6. The highest BCUT2D eigenvalue weighted by Gasteiger charge is 2.51. The van der Waals surface area contributed by atoms with Crippen molar-refractivity contribution in [1.82, 2.24) is 4.98 Å². The molecule has 1 aromatic heterocycles. The Morgan fingerprint density at radius 1 is 0.617 bits per heavy atom. The van der Waals surface area contributed by atoms with Gasteiger partial charge in [0.15, 0.2) is 0 Å². The molecule has 0 saturated carbocycles. The lowest BCUT2D eigenvalue weighted by Crippen LogP contribution is -2.32. The molecule has 60 heavy (non-hydrogen) atoms. The number of ether oxygens (including phenoxy) is 1. The zero-order chi connectivity index (χ0) is 41.2. The molecule has 0 fully saturated rings. The van der Waals surface area contributed by atoms with Crippen LogP contribution in [0.3, 0.4) is 0 Å². The summed E-state index contributed by atoms with van der Waals surface area (Å²) in [7, 11) is 0. The highest BCUT2D eigenvalue weighted by molar-refractivity contribution is 5.97. The Kier molecular flexibility index (Phi) is 9.21. The summed E-state index contributed by atoms with van der Waals surface area (Å²) < 4.78 is 6.64. The average Bonchev–Trinajstić information content (AvgIpc) is 3.57. The van der Waals surface area contributed by atoms with E-state index in [-0.39, 0.29) is 5.41 Å². The molecule has 6 aromatic carbocycles. The smallest absolute Gasteiger partial charge is 0.132 e. The van der Waals surface area contributed by atoms with Crippen LogP contribution < -0.4 is 4.74 Å². The topological polar surface area (TPSA) is 22.1 Å². The van der Waals surface area contributed by atoms with Crippen LogP contribution in [-0.4, -0.2) is 4.98 Å². The van der Waals surface area contributed by atoms with Gasteiger partial charge in [-0.05, 0) is 105 Å². The maximum absolute atomic E-state index is 6.64. The van der Waals surface area contributed by atoms with Gasteiger partial charge in [-0.3, -0.25) is 0 Å². The normalized spacial score (nSPS) is 18.8. The number of benzene rings is 6. The predicted molar refractivity (Wildman–Crippen MR) is 250 cm³/mol. The van der Waals surface area contributed by atoms with Crippen LogP contribution in [0.5, 0.6) is 11.5 Å². The van der Waals surface area contributed by atoms with Gasteiger partial charge in [0.2, 0.25) is 0 Å². The Morgan fingerprint density at radius 2 is 1.22 bits per heavy atom. The zero-order valence-corrected chi connectivity index (χ0v) is 35.5. The van der Waals surface area contributed by atoms with E-state index in [1.807, 2.05) is 0 Å². The second-order valence-corrected chi connectivity index (χ2v) is 17.8. The van der Waals surface area contributed by atoms with E-state index in [0.717, 1.165) is 46.9 Å². The molecular weight excluding hydrogens is 727 g/mol. The van der Waals surface area contributed by atoms with Gasteiger partial charge in [-0.25, -0.2) is 4.98 Å². The van der Waals surface area contributed by atoms with Crippen LogP contribution in [0, 0.1) is 11.3 Å². The van der Waals surface area contributed by atoms with E-state index < -0.39 is 5.41 Å². The van der Waals surface area contributed by atoms with Gasteiger partial charge < -0.3 is 4.74 Å². The fourth-order valence-corrected chi connectivity index (χ4v) is 10.5. The summed E-state index contributed by atoms with van der Waals surface area (Å²) in [6, 6.07) is 55.3. The molecule has 2 nitrogen and oxygen atoms in total. The summed E-state index contributed by atoms with van der Waals surface area (Å²) in [5, 5.41) is 0. The first-order chi connectivity index (χ1) is 29.2. The number of aromatic nitrogens is 1. The van der Waals surface area contributed by atoms with Gasteiger partial charge in [0.1, 0.15) is 11.5 Å². The zero-order valence-electron chi connectivity index (χ0n) is 35.5. The minimum Gasteiger partial charge on any atom is -0.457 e. The maximum Gasteiger partial charge on any atom is 0.132 e. The molecule has 2 heteroatoms. The lowest BCUT2D eigenvalue weighted by Gasteiger charge is -2.39. The van der Waals surface area contributed by atoms with E-state index in [1.54, 1.807) is 0 Å². The number of rotatable bonds is 5. The Labute approximate surface area is 355 Å². The van der Waals surface area contributed by atoms with Crippen LogP contribution in [0.15, 0.2) is 181 Å². The third-order valence-electron chi connectivity index (χ3n) is 13.2. The predicted octanol–water partition coefficient (Wildman–Crippen LogP) is 15.5. The third-order valence-corrected chi connectivity index (χ3v) is 13.2. The summed E-state index contributed by atoms with van der Waals surface area (Å²) >= 11 is 0. The number of para-hydroxylation sites is 2. The van der Waals surface area contributed by atoms with Gasteiger partial charge in [-0.15, -0.1) is 0 Å². The number of allylic oxidation sites excluding steroid dienone is 6. The van der Waals surface area contributed by atoms with Crippen LogP contribution in [0.2, 0.25) is 0 Å². The highest BCUT2D eigenvalue weighted by Crippen LogP contribution is 2.63. The van der Waals surface area contributed by atoms with Crippen molar-refractivity contribution in [3.8, 4) is 56.3 Å². The first-order valence-corrected chi connectivity index (χ1v) is 21.6. The number of nitrogens with zero attached hydrogens (tertiary/aromatic N) is 1. The fraction of sp³-hybridized carbons (Fsp3) is 0.190. The molecule has 7 aromatic rings. The lowest BCUT2D eigenvalue weighted by atomic mass is 9.66. The standard InChI is InChI=1S/C58H51NO/c1-7-42-46(39-18-9-8-10-19-39)36-52(41-32-30-40(31-33-41)43-34-35-47(57(4,5)6)38(3)29-28-37(43)2)59-56(42)45-21-17-25-51-55(45)44-20-11-12-22-48(44)58(51)49-23-13-15-26-53(49)60-54-27-16-14-24-50(54)58/h8-28,30-36,38H,7,29H2,1-6H3/b37-28+,43-34+,47-35+. The molecular formula is C58H51NO. The van der Waals surface area contributed by atoms with E-state index in [0.29, 0.717) is 5.92 Å². The number of pyridine rings is 1. The second-order valence-electron chi connectivity index (χ2n) is 17.8. The van der Waals surface area contributed by atoms with Crippen molar-refractivity contribution in [3.63, 3.8) is 0 Å². The molecule has 10 rings (SSSR count). The van der Waals surface area contributed by atoms with Gasteiger partial charge in [-0.1, -0.05) is 192 Å². The second kappa shape index (κ2) is 14.6. The SMILES string of the molecule is CCc1c(-c2ccccc2)cc(-c2ccc(C3=C/C=C(/C(C)(C)C)C(C)C\C=C\3C)cc2)nc1-c1cccc2c1-c1ccccc1C21c2ccccc2Oc2ccccc21. The average molecular weight is 778 g/mol. The fourth-order valence-electron chi connectivity index (χ4n) is 10.5. The van der Waals surface area contributed by atoms with E-state index in [1.165, 1.54) is 72.4 Å². The minimum atomic E-state index is -0.547. The van der Waals surface area contributed by atoms with Crippen LogP contribution in [0.1, 0.15) is 81.3 Å². The molecule has 2 aliphatic carbocycles. The quantitative estimate of drug-likeness (QED) is 0.174. The molecule has 294 valence electrons. The molecule has 0 bridgehead atoms. The molecule has 1 atom stereocenters. The Morgan fingerprint density at radius 3 is 1.90 bits per heavy atom. The van der Waals surface area contributed by atoms with Crippen LogP contribution in [0.4, 0.5) is 0 Å². The molecule has 0 N–H and O–H groups in total.